The molecule has 0 radical (unpaired) electrons. The van der Waals surface area contributed by atoms with E-state index in [-0.39, 0.29) is 12.4 Å². The van der Waals surface area contributed by atoms with E-state index in [1.807, 2.05) is 19.2 Å². The van der Waals surface area contributed by atoms with E-state index in [9.17, 15) is 5.21 Å². The van der Waals surface area contributed by atoms with Crippen molar-refractivity contribution < 1.29 is 4.85 Å². The largest absolute Gasteiger partial charge is 0.595 e. The van der Waals surface area contributed by atoms with Gasteiger partial charge in [0.05, 0.1) is 19.2 Å². The summed E-state index contributed by atoms with van der Waals surface area (Å²) in [5.41, 5.74) is 0.934. The number of thioether (sulfide) groups is 1. The van der Waals surface area contributed by atoms with Crippen LogP contribution in [0.2, 0.25) is 0 Å². The van der Waals surface area contributed by atoms with Gasteiger partial charge in [0.1, 0.15) is 0 Å². The highest BCUT2D eigenvalue weighted by molar-refractivity contribution is 8.14. The molecule has 6 heteroatoms. The molecule has 0 aliphatic carbocycles. The molecular weight excluding hydrogens is 246 g/mol. The van der Waals surface area contributed by atoms with Gasteiger partial charge in [-0.05, 0) is 23.9 Å². The fraction of sp³-hybridized carbons (Fsp3) is 0.400. The van der Waals surface area contributed by atoms with Gasteiger partial charge in [0.25, 0.3) is 5.04 Å². The molecule has 0 saturated heterocycles. The molecule has 4 nitrogen and oxygen atoms in total. The average molecular weight is 260 g/mol. The Morgan fingerprint density at radius 2 is 2.12 bits per heavy atom. The maximum absolute atomic E-state index is 11.8. The Morgan fingerprint density at radius 1 is 1.50 bits per heavy atom. The predicted molar refractivity (Wildman–Crippen MR) is 68.9 cm³/mol. The zero-order chi connectivity index (χ0) is 10.8. The molecule has 1 aliphatic rings. The number of rotatable bonds is 1. The van der Waals surface area contributed by atoms with E-state index in [0.717, 1.165) is 22.0 Å². The number of hydrogen-bond donors (Lipinski definition) is 0. The molecule has 1 aliphatic heterocycles. The normalized spacial score (nSPS) is 20.6. The van der Waals surface area contributed by atoms with Gasteiger partial charge >= 0.3 is 0 Å². The number of pyridine rings is 1. The number of hydrazone groups is 1. The molecule has 88 valence electrons. The summed E-state index contributed by atoms with van der Waals surface area (Å²) < 4.78 is 0. The summed E-state index contributed by atoms with van der Waals surface area (Å²) in [7, 11) is 1.81. The van der Waals surface area contributed by atoms with Crippen molar-refractivity contribution in [2.45, 2.75) is 12.2 Å². The molecular formula is C10H14ClN3OS. The highest BCUT2D eigenvalue weighted by Gasteiger charge is 2.27. The van der Waals surface area contributed by atoms with Crippen LogP contribution < -0.4 is 0 Å². The Labute approximate surface area is 105 Å². The summed E-state index contributed by atoms with van der Waals surface area (Å²) in [6.45, 7) is 2.90. The second-order valence-electron chi connectivity index (χ2n) is 3.58. The maximum Gasteiger partial charge on any atom is 0.283 e. The van der Waals surface area contributed by atoms with Crippen LogP contribution in [0.15, 0.2) is 24.5 Å². The van der Waals surface area contributed by atoms with Gasteiger partial charge in [0.2, 0.25) is 0 Å². The third-order valence-corrected chi connectivity index (χ3v) is 3.41. The lowest BCUT2D eigenvalue weighted by atomic mass is 10.3. The van der Waals surface area contributed by atoms with Gasteiger partial charge in [-0.3, -0.25) is 4.98 Å². The molecule has 1 aromatic heterocycles. The van der Waals surface area contributed by atoms with Crippen LogP contribution in [-0.4, -0.2) is 38.7 Å². The second kappa shape index (κ2) is 5.41. The molecule has 0 N–H and O–H groups in total. The monoisotopic (exact) mass is 259 g/mol. The zero-order valence-electron chi connectivity index (χ0n) is 9.16. The van der Waals surface area contributed by atoms with Crippen molar-refractivity contribution in [2.24, 2.45) is 0 Å². The molecule has 0 spiro atoms. The van der Waals surface area contributed by atoms with Gasteiger partial charge in [-0.1, -0.05) is 11.8 Å². The van der Waals surface area contributed by atoms with Crippen LogP contribution in [0.25, 0.3) is 0 Å². The van der Waals surface area contributed by atoms with E-state index in [0.29, 0.717) is 5.25 Å². The summed E-state index contributed by atoms with van der Waals surface area (Å²) in [6.07, 6.45) is 3.41. The standard InChI is InChI=1S/C10H13N3OS.ClH/c1-8-7-12(2)13(14)10(15-8)9-3-5-11-6-4-9;/h3-6,8H,7H2,1-2H3;1H. The van der Waals surface area contributed by atoms with Crippen LogP contribution in [-0.2, 0) is 0 Å². The van der Waals surface area contributed by atoms with Crippen LogP contribution in [0, 0.1) is 5.21 Å². The Bertz CT molecular complexity index is 385. The lowest BCUT2D eigenvalue weighted by Crippen LogP contribution is -2.40. The van der Waals surface area contributed by atoms with Crippen molar-refractivity contribution in [3.63, 3.8) is 0 Å². The summed E-state index contributed by atoms with van der Waals surface area (Å²) in [5, 5.41) is 14.7. The molecule has 0 aromatic carbocycles. The Kier molecular flexibility index (Phi) is 4.44. The molecule has 0 amide bonds. The summed E-state index contributed by atoms with van der Waals surface area (Å²) in [4.78, 5) is 4.90. The highest BCUT2D eigenvalue weighted by Crippen LogP contribution is 2.23. The number of halogens is 1. The van der Waals surface area contributed by atoms with Crippen molar-refractivity contribution in [1.29, 1.82) is 0 Å². The zero-order valence-corrected chi connectivity index (χ0v) is 10.8. The molecule has 2 heterocycles. The van der Waals surface area contributed by atoms with Gasteiger partial charge in [-0.2, -0.15) is 5.01 Å². The number of hydrazine groups is 1. The number of hydrogen-bond acceptors (Lipinski definition) is 4. The van der Waals surface area contributed by atoms with E-state index in [4.69, 9.17) is 0 Å². The fourth-order valence-electron chi connectivity index (χ4n) is 1.55. The molecule has 16 heavy (non-hydrogen) atoms. The maximum atomic E-state index is 11.8. The Morgan fingerprint density at radius 3 is 2.75 bits per heavy atom. The van der Waals surface area contributed by atoms with Crippen LogP contribution in [0.5, 0.6) is 0 Å². The first kappa shape index (κ1) is 13.1. The molecule has 0 saturated carbocycles. The third-order valence-electron chi connectivity index (χ3n) is 2.25. The van der Waals surface area contributed by atoms with Gasteiger partial charge in [-0.25, -0.2) is 0 Å². The van der Waals surface area contributed by atoms with Crippen LogP contribution in [0.4, 0.5) is 0 Å². The van der Waals surface area contributed by atoms with Gasteiger partial charge < -0.3 is 5.21 Å². The van der Waals surface area contributed by atoms with Gasteiger partial charge in [0.15, 0.2) is 0 Å². The number of nitrogens with zero attached hydrogens (tertiary/aromatic N) is 3. The molecule has 0 bridgehead atoms. The minimum absolute atomic E-state index is 0. The summed E-state index contributed by atoms with van der Waals surface area (Å²) in [5.74, 6) is 0. The lowest BCUT2D eigenvalue weighted by Gasteiger charge is -2.27. The smallest absolute Gasteiger partial charge is 0.283 e. The van der Waals surface area contributed by atoms with Crippen molar-refractivity contribution in [2.75, 3.05) is 13.6 Å². The van der Waals surface area contributed by atoms with Crippen LogP contribution >= 0.6 is 24.2 Å². The quantitative estimate of drug-likeness (QED) is 0.569. The average Bonchev–Trinajstić information content (AvgIpc) is 2.24. The van der Waals surface area contributed by atoms with Crippen LogP contribution in [0.1, 0.15) is 12.5 Å². The highest BCUT2D eigenvalue weighted by atomic mass is 35.5. The first-order chi connectivity index (χ1) is 7.18. The SMILES string of the molecule is CC1CN(C)[N+]([O-])=C(c2ccncc2)S1.Cl. The number of aromatic nitrogens is 1. The third kappa shape index (κ3) is 2.59. The van der Waals surface area contributed by atoms with E-state index >= 15 is 0 Å². The molecule has 1 atom stereocenters. The van der Waals surface area contributed by atoms with E-state index in [1.54, 1.807) is 29.2 Å². The first-order valence-corrected chi connectivity index (χ1v) is 5.69. The molecule has 0 fully saturated rings. The molecule has 1 unspecified atom stereocenters. The predicted octanol–water partition coefficient (Wildman–Crippen LogP) is 1.74. The Balaban J connectivity index is 0.00000128. The van der Waals surface area contributed by atoms with E-state index < -0.39 is 0 Å². The van der Waals surface area contributed by atoms with Crippen molar-refractivity contribution in [3.05, 3.63) is 35.3 Å². The van der Waals surface area contributed by atoms with Crippen molar-refractivity contribution in [1.82, 2.24) is 9.99 Å². The van der Waals surface area contributed by atoms with Gasteiger partial charge in [-0.15, -0.1) is 12.4 Å². The van der Waals surface area contributed by atoms with Crippen molar-refractivity contribution >= 4 is 29.2 Å². The minimum Gasteiger partial charge on any atom is -0.595 e. The van der Waals surface area contributed by atoms with E-state index in [1.165, 1.54) is 0 Å². The first-order valence-electron chi connectivity index (χ1n) is 4.81. The topological polar surface area (TPSA) is 42.2 Å². The fourth-order valence-corrected chi connectivity index (χ4v) is 2.72. The summed E-state index contributed by atoms with van der Waals surface area (Å²) >= 11 is 1.61. The minimum atomic E-state index is 0. The lowest BCUT2D eigenvalue weighted by molar-refractivity contribution is -0.629. The van der Waals surface area contributed by atoms with Crippen molar-refractivity contribution in [3.8, 4) is 0 Å². The van der Waals surface area contributed by atoms with Gasteiger partial charge in [0, 0.05) is 17.6 Å². The summed E-state index contributed by atoms with van der Waals surface area (Å²) in [6, 6.07) is 3.72. The molecule has 2 rings (SSSR count). The Hall–Kier alpha value is -0.940. The van der Waals surface area contributed by atoms with E-state index in [2.05, 4.69) is 11.9 Å². The second-order valence-corrected chi connectivity index (χ2v) is 5.01. The molecule has 1 aromatic rings. The van der Waals surface area contributed by atoms with Crippen LogP contribution in [0.3, 0.4) is 0 Å².